The van der Waals surface area contributed by atoms with Crippen LogP contribution in [-0.2, 0) is 13.0 Å². The number of ether oxygens (including phenoxy) is 2. The molecule has 222 valence electrons. The summed E-state index contributed by atoms with van der Waals surface area (Å²) >= 11 is 0. The van der Waals surface area contributed by atoms with Crippen molar-refractivity contribution in [3.63, 3.8) is 0 Å². The van der Waals surface area contributed by atoms with Gasteiger partial charge in [-0.2, -0.15) is 0 Å². The summed E-state index contributed by atoms with van der Waals surface area (Å²) in [6.45, 7) is 24.2. The lowest BCUT2D eigenvalue weighted by Crippen LogP contribution is -2.21. The van der Waals surface area contributed by atoms with E-state index in [1.807, 2.05) is 32.0 Å². The van der Waals surface area contributed by atoms with Crippen LogP contribution >= 0.6 is 0 Å². The molecule has 1 aliphatic heterocycles. The van der Waals surface area contributed by atoms with Crippen LogP contribution < -0.4 is 9.47 Å². The molecule has 2 aromatic carbocycles. The predicted octanol–water partition coefficient (Wildman–Crippen LogP) is 11.7. The van der Waals surface area contributed by atoms with Crippen LogP contribution in [0.25, 0.3) is 0 Å². The predicted molar refractivity (Wildman–Crippen MR) is 177 cm³/mol. The molecule has 0 aliphatic carbocycles. The molecule has 0 bridgehead atoms. The molecule has 0 fully saturated rings. The van der Waals surface area contributed by atoms with Gasteiger partial charge in [0.2, 0.25) is 0 Å². The third-order valence-corrected chi connectivity index (χ3v) is 7.33. The summed E-state index contributed by atoms with van der Waals surface area (Å²) in [5.41, 5.74) is 10.6. The van der Waals surface area contributed by atoms with Gasteiger partial charge in [-0.1, -0.05) is 86.1 Å². The third kappa shape index (κ3) is 12.2. The molecule has 0 aromatic heterocycles. The van der Waals surface area contributed by atoms with E-state index in [1.54, 1.807) is 0 Å². The van der Waals surface area contributed by atoms with E-state index in [0.717, 1.165) is 30.8 Å². The average molecular weight is 547 g/mol. The molecule has 1 unspecified atom stereocenters. The summed E-state index contributed by atoms with van der Waals surface area (Å²) in [5, 5.41) is 0. The van der Waals surface area contributed by atoms with Crippen LogP contribution in [0.15, 0.2) is 65.3 Å². The van der Waals surface area contributed by atoms with Crippen molar-refractivity contribution in [2.24, 2.45) is 0 Å². The number of hydrogen-bond acceptors (Lipinski definition) is 2. The Morgan fingerprint density at radius 2 is 1.45 bits per heavy atom. The SMILES string of the molecule is CC.CC/C=C(\C)CC/C=C(\C)CCC=C(C)C.Cc1c(C)c2c(c(C)c1OCc1ccccc1)CCC(C)O2. The molecule has 0 N–H and O–H groups in total. The fourth-order valence-corrected chi connectivity index (χ4v) is 4.86. The van der Waals surface area contributed by atoms with E-state index in [4.69, 9.17) is 9.47 Å². The molecule has 0 spiro atoms. The van der Waals surface area contributed by atoms with Crippen LogP contribution in [-0.4, -0.2) is 6.10 Å². The highest BCUT2D eigenvalue weighted by Gasteiger charge is 2.24. The first kappa shape index (κ1) is 35.3. The molecule has 0 amide bonds. The Morgan fingerprint density at radius 3 is 2.05 bits per heavy atom. The van der Waals surface area contributed by atoms with E-state index in [9.17, 15) is 0 Å². The maximum Gasteiger partial charge on any atom is 0.126 e. The van der Waals surface area contributed by atoms with E-state index in [-0.39, 0.29) is 0 Å². The van der Waals surface area contributed by atoms with Gasteiger partial charge in [-0.15, -0.1) is 0 Å². The number of hydrogen-bond donors (Lipinski definition) is 0. The molecular formula is C38H58O2. The molecule has 1 atom stereocenters. The number of allylic oxidation sites excluding steroid dienone is 6. The lowest BCUT2D eigenvalue weighted by molar-refractivity contribution is 0.189. The molecule has 2 aromatic rings. The topological polar surface area (TPSA) is 18.5 Å². The molecule has 0 radical (unpaired) electrons. The van der Waals surface area contributed by atoms with Crippen LogP contribution in [0, 0.1) is 20.8 Å². The van der Waals surface area contributed by atoms with Crippen LogP contribution in [0.4, 0.5) is 0 Å². The fourth-order valence-electron chi connectivity index (χ4n) is 4.86. The second-order valence-corrected chi connectivity index (χ2v) is 11.1. The van der Waals surface area contributed by atoms with Gasteiger partial charge in [-0.25, -0.2) is 0 Å². The van der Waals surface area contributed by atoms with Gasteiger partial charge in [-0.05, 0) is 123 Å². The molecular weight excluding hydrogens is 488 g/mol. The molecule has 3 rings (SSSR count). The molecule has 1 aliphatic rings. The Kier molecular flexibility index (Phi) is 17.1. The van der Waals surface area contributed by atoms with Gasteiger partial charge in [0.1, 0.15) is 18.1 Å². The average Bonchev–Trinajstić information content (AvgIpc) is 2.94. The number of benzene rings is 2. The van der Waals surface area contributed by atoms with Gasteiger partial charge in [0.25, 0.3) is 0 Å². The highest BCUT2D eigenvalue weighted by molar-refractivity contribution is 5.58. The van der Waals surface area contributed by atoms with Crippen molar-refractivity contribution in [3.8, 4) is 11.5 Å². The molecule has 1 heterocycles. The molecule has 2 nitrogen and oxygen atoms in total. The molecule has 40 heavy (non-hydrogen) atoms. The molecule has 0 saturated carbocycles. The Balaban J connectivity index is 0.000000397. The Bertz CT molecular complexity index is 1100. The minimum atomic E-state index is 0.307. The van der Waals surface area contributed by atoms with Gasteiger partial charge in [0.15, 0.2) is 0 Å². The quantitative estimate of drug-likeness (QED) is 0.276. The number of rotatable bonds is 10. The second-order valence-electron chi connectivity index (χ2n) is 11.1. The lowest BCUT2D eigenvalue weighted by Gasteiger charge is -2.29. The first-order chi connectivity index (χ1) is 19.1. The van der Waals surface area contributed by atoms with Gasteiger partial charge in [0.05, 0.1) is 6.10 Å². The largest absolute Gasteiger partial charge is 0.490 e. The molecule has 0 saturated heterocycles. The van der Waals surface area contributed by atoms with E-state index < -0.39 is 0 Å². The minimum Gasteiger partial charge on any atom is -0.490 e. The Morgan fingerprint density at radius 1 is 0.850 bits per heavy atom. The van der Waals surface area contributed by atoms with Crippen LogP contribution in [0.3, 0.4) is 0 Å². The van der Waals surface area contributed by atoms with E-state index in [2.05, 4.69) is 92.7 Å². The number of fused-ring (bicyclic) bond motifs is 1. The summed E-state index contributed by atoms with van der Waals surface area (Å²) in [5.74, 6) is 2.11. The summed E-state index contributed by atoms with van der Waals surface area (Å²) in [7, 11) is 0. The zero-order valence-corrected chi connectivity index (χ0v) is 27.7. The normalized spacial score (nSPS) is 14.5. The monoisotopic (exact) mass is 546 g/mol. The third-order valence-electron chi connectivity index (χ3n) is 7.33. The second kappa shape index (κ2) is 19.4. The van der Waals surface area contributed by atoms with Gasteiger partial charge < -0.3 is 9.47 Å². The first-order valence-electron chi connectivity index (χ1n) is 15.5. The van der Waals surface area contributed by atoms with Gasteiger partial charge in [0, 0.05) is 5.56 Å². The molecule has 2 heteroatoms. The van der Waals surface area contributed by atoms with Crippen molar-refractivity contribution in [3.05, 3.63) is 93.1 Å². The minimum absolute atomic E-state index is 0.307. The summed E-state index contributed by atoms with van der Waals surface area (Å²) < 4.78 is 12.3. The van der Waals surface area contributed by atoms with Crippen LogP contribution in [0.2, 0.25) is 0 Å². The maximum atomic E-state index is 6.17. The fraction of sp³-hybridized carbons (Fsp3) is 0.526. The summed E-state index contributed by atoms with van der Waals surface area (Å²) in [6.07, 6.45) is 15.5. The van der Waals surface area contributed by atoms with Crippen molar-refractivity contribution >= 4 is 0 Å². The van der Waals surface area contributed by atoms with Crippen molar-refractivity contribution in [1.29, 1.82) is 0 Å². The van der Waals surface area contributed by atoms with E-state index >= 15 is 0 Å². The Labute approximate surface area is 247 Å². The standard InChI is InChI=1S/C20H24O2.C16H28.C2H6/c1-13-10-11-18-16(4)19(14(2)15(3)20(18)22-13)21-12-17-8-6-5-7-9-17;1-6-9-15(4)12-8-13-16(5)11-7-10-14(2)3;1-2/h5-9,13H,10-12H2,1-4H3;9-10,13H,6-8,11-12H2,1-5H3;1-2H3/b;15-9+,16-13+;. The smallest absolute Gasteiger partial charge is 0.126 e. The van der Waals surface area contributed by atoms with Crippen molar-refractivity contribution in [2.75, 3.05) is 0 Å². The Hall–Kier alpha value is -2.74. The zero-order valence-electron chi connectivity index (χ0n) is 27.7. The first-order valence-corrected chi connectivity index (χ1v) is 15.5. The van der Waals surface area contributed by atoms with Crippen LogP contribution in [0.5, 0.6) is 11.5 Å². The van der Waals surface area contributed by atoms with Crippen molar-refractivity contribution in [1.82, 2.24) is 0 Å². The van der Waals surface area contributed by atoms with Gasteiger partial charge in [-0.3, -0.25) is 0 Å². The zero-order chi connectivity index (χ0) is 30.1. The van der Waals surface area contributed by atoms with E-state index in [1.165, 1.54) is 70.2 Å². The van der Waals surface area contributed by atoms with Crippen molar-refractivity contribution < 1.29 is 9.47 Å². The highest BCUT2D eigenvalue weighted by Crippen LogP contribution is 2.41. The maximum absolute atomic E-state index is 6.17. The van der Waals surface area contributed by atoms with Crippen LogP contribution in [0.1, 0.15) is 122 Å². The van der Waals surface area contributed by atoms with Gasteiger partial charge >= 0.3 is 0 Å². The lowest BCUT2D eigenvalue weighted by atomic mass is 9.92. The van der Waals surface area contributed by atoms with E-state index in [0.29, 0.717) is 12.7 Å². The van der Waals surface area contributed by atoms with Crippen molar-refractivity contribution in [2.45, 2.75) is 134 Å². The summed E-state index contributed by atoms with van der Waals surface area (Å²) in [4.78, 5) is 0. The highest BCUT2D eigenvalue weighted by atomic mass is 16.5. The summed E-state index contributed by atoms with van der Waals surface area (Å²) in [6, 6.07) is 10.3.